The Bertz CT molecular complexity index is 1060. The predicted molar refractivity (Wildman–Crippen MR) is 101 cm³/mol. The molecule has 2 N–H and O–H groups in total. The Morgan fingerprint density at radius 3 is 2.78 bits per heavy atom. The first-order chi connectivity index (χ1) is 13.0. The van der Waals surface area contributed by atoms with Crippen LogP contribution in [0.15, 0.2) is 53.8 Å². The van der Waals surface area contributed by atoms with Gasteiger partial charge in [-0.15, -0.1) is 0 Å². The van der Waals surface area contributed by atoms with Crippen molar-refractivity contribution in [2.24, 2.45) is 5.92 Å². The summed E-state index contributed by atoms with van der Waals surface area (Å²) in [6, 6.07) is 9.25. The van der Waals surface area contributed by atoms with Crippen molar-refractivity contribution in [1.29, 1.82) is 0 Å². The molecule has 27 heavy (non-hydrogen) atoms. The molecule has 1 aliphatic rings. The Kier molecular flexibility index (Phi) is 4.71. The first-order valence-electron chi connectivity index (χ1n) is 9.04. The molecule has 7 nitrogen and oxygen atoms in total. The van der Waals surface area contributed by atoms with Gasteiger partial charge in [-0.05, 0) is 43.4 Å². The molecule has 2 aromatic heterocycles. The van der Waals surface area contributed by atoms with E-state index in [1.807, 2.05) is 37.3 Å². The highest BCUT2D eigenvalue weighted by atomic mass is 32.2. The quantitative estimate of drug-likeness (QED) is 0.677. The molecule has 0 spiro atoms. The number of aliphatic hydroxyl groups excluding tert-OH is 1. The molecular formula is C19H22N4O3S. The van der Waals surface area contributed by atoms with Crippen LogP contribution < -0.4 is 4.72 Å². The van der Waals surface area contributed by atoms with Crippen LogP contribution in [0.5, 0.6) is 0 Å². The van der Waals surface area contributed by atoms with E-state index in [2.05, 4.69) is 14.8 Å². The highest BCUT2D eigenvalue weighted by Crippen LogP contribution is 2.39. The number of nitrogens with zero attached hydrogens (tertiary/aromatic N) is 3. The highest BCUT2D eigenvalue weighted by molar-refractivity contribution is 7.89. The summed E-state index contributed by atoms with van der Waals surface area (Å²) < 4.78 is 30.2. The molecule has 1 saturated carbocycles. The van der Waals surface area contributed by atoms with Gasteiger partial charge in [0, 0.05) is 24.3 Å². The zero-order chi connectivity index (χ0) is 19.0. The Labute approximate surface area is 158 Å². The number of aromatic nitrogens is 3. The number of hydrogen-bond acceptors (Lipinski definition) is 5. The molecule has 1 unspecified atom stereocenters. The summed E-state index contributed by atoms with van der Waals surface area (Å²) in [5, 5.41) is 14.7. The van der Waals surface area contributed by atoms with E-state index in [-0.39, 0.29) is 16.9 Å². The van der Waals surface area contributed by atoms with Gasteiger partial charge in [-0.2, -0.15) is 5.10 Å². The van der Waals surface area contributed by atoms with Gasteiger partial charge in [-0.3, -0.25) is 9.67 Å². The van der Waals surface area contributed by atoms with Gasteiger partial charge in [0.2, 0.25) is 10.0 Å². The maximum absolute atomic E-state index is 12.9. The van der Waals surface area contributed by atoms with Gasteiger partial charge in [-0.1, -0.05) is 18.2 Å². The number of aliphatic hydroxyl groups is 1. The van der Waals surface area contributed by atoms with Crippen molar-refractivity contribution in [3.05, 3.63) is 54.5 Å². The number of benzene rings is 1. The molecule has 3 aromatic rings. The Morgan fingerprint density at radius 2 is 2.07 bits per heavy atom. The van der Waals surface area contributed by atoms with Crippen LogP contribution in [0.3, 0.4) is 0 Å². The topological polar surface area (TPSA) is 97.1 Å². The first kappa shape index (κ1) is 18.1. The summed E-state index contributed by atoms with van der Waals surface area (Å²) in [5.41, 5.74) is 1.66. The van der Waals surface area contributed by atoms with Crippen LogP contribution in [0.2, 0.25) is 0 Å². The van der Waals surface area contributed by atoms with E-state index >= 15 is 0 Å². The van der Waals surface area contributed by atoms with Gasteiger partial charge in [0.25, 0.3) is 0 Å². The number of nitrogens with one attached hydrogen (secondary N) is 1. The smallest absolute Gasteiger partial charge is 0.244 e. The molecule has 1 aliphatic carbocycles. The Hall–Kier alpha value is -2.29. The molecule has 0 bridgehead atoms. The second kappa shape index (κ2) is 7.03. The molecule has 8 heteroatoms. The van der Waals surface area contributed by atoms with Crippen molar-refractivity contribution >= 4 is 20.9 Å². The van der Waals surface area contributed by atoms with Crippen LogP contribution in [0.4, 0.5) is 0 Å². The number of aryl methyl sites for hydroxylation is 1. The van der Waals surface area contributed by atoms with Gasteiger partial charge in [0.1, 0.15) is 4.90 Å². The van der Waals surface area contributed by atoms with Gasteiger partial charge in [0.15, 0.2) is 0 Å². The number of pyridine rings is 1. The maximum Gasteiger partial charge on any atom is 0.244 e. The number of sulfonamides is 1. The molecule has 4 rings (SSSR count). The summed E-state index contributed by atoms with van der Waals surface area (Å²) in [5.74, 6) is 0.0268. The highest BCUT2D eigenvalue weighted by Gasteiger charge is 2.37. The van der Waals surface area contributed by atoms with Crippen molar-refractivity contribution in [1.82, 2.24) is 19.5 Å². The number of rotatable bonds is 6. The molecule has 2 heterocycles. The van der Waals surface area contributed by atoms with Crippen LogP contribution in [0, 0.1) is 5.92 Å². The van der Waals surface area contributed by atoms with Crippen molar-refractivity contribution in [3.63, 3.8) is 0 Å². The lowest BCUT2D eigenvalue weighted by atomic mass is 9.75. The second-order valence-corrected chi connectivity index (χ2v) is 8.69. The normalized spacial score (nSPS) is 21.1. The second-order valence-electron chi connectivity index (χ2n) is 6.98. The maximum atomic E-state index is 12.9. The monoisotopic (exact) mass is 386 g/mol. The van der Waals surface area contributed by atoms with E-state index in [0.29, 0.717) is 19.4 Å². The fourth-order valence-corrected chi connectivity index (χ4v) is 4.73. The largest absolute Gasteiger partial charge is 0.393 e. The predicted octanol–water partition coefficient (Wildman–Crippen LogP) is 2.24. The summed E-state index contributed by atoms with van der Waals surface area (Å²) in [7, 11) is -3.73. The molecule has 0 radical (unpaired) electrons. The average molecular weight is 386 g/mol. The van der Waals surface area contributed by atoms with Crippen LogP contribution >= 0.6 is 0 Å². The van der Waals surface area contributed by atoms with Crippen molar-refractivity contribution in [3.8, 4) is 0 Å². The minimum absolute atomic E-state index is 0.0268. The minimum Gasteiger partial charge on any atom is -0.393 e. The van der Waals surface area contributed by atoms with Gasteiger partial charge in [0.05, 0.1) is 23.9 Å². The average Bonchev–Trinajstić information content (AvgIpc) is 3.14. The van der Waals surface area contributed by atoms with Crippen LogP contribution in [0.1, 0.15) is 31.4 Å². The molecule has 1 fully saturated rings. The molecule has 0 saturated heterocycles. The fraction of sp³-hybridized carbons (Fsp3) is 0.368. The molecule has 142 valence electrons. The van der Waals surface area contributed by atoms with Crippen LogP contribution in [-0.2, 0) is 16.6 Å². The zero-order valence-electron chi connectivity index (χ0n) is 15.0. The van der Waals surface area contributed by atoms with Gasteiger partial charge >= 0.3 is 0 Å². The number of hydrogen-bond donors (Lipinski definition) is 2. The summed E-state index contributed by atoms with van der Waals surface area (Å²) >= 11 is 0. The number of para-hydroxylation sites is 1. The lowest BCUT2D eigenvalue weighted by Gasteiger charge is -2.38. The minimum atomic E-state index is -3.73. The van der Waals surface area contributed by atoms with E-state index in [1.54, 1.807) is 10.9 Å². The fourth-order valence-electron chi connectivity index (χ4n) is 3.49. The molecule has 0 amide bonds. The van der Waals surface area contributed by atoms with Gasteiger partial charge < -0.3 is 5.11 Å². The molecule has 1 aromatic carbocycles. The summed E-state index contributed by atoms with van der Waals surface area (Å²) in [6.45, 7) is 2.50. The SMILES string of the molecule is CCn1cc(S(=O)(=O)NC(c2cnc3ccccc3c2)C2CC(O)C2)cn1. The lowest BCUT2D eigenvalue weighted by molar-refractivity contribution is 0.0280. The van der Waals surface area contributed by atoms with E-state index in [0.717, 1.165) is 16.5 Å². The van der Waals surface area contributed by atoms with E-state index in [9.17, 15) is 13.5 Å². The first-order valence-corrected chi connectivity index (χ1v) is 10.5. The third-order valence-corrected chi connectivity index (χ3v) is 6.51. The third-order valence-electron chi connectivity index (χ3n) is 5.12. The van der Waals surface area contributed by atoms with E-state index < -0.39 is 16.1 Å². The summed E-state index contributed by atoms with van der Waals surface area (Å²) in [4.78, 5) is 4.61. The standard InChI is InChI=1S/C19H22N4O3S/c1-2-23-12-17(11-21-23)27(25,26)22-19(14-8-16(24)9-14)15-7-13-5-3-4-6-18(13)20-10-15/h3-7,10-12,14,16,19,22,24H,2,8-9H2,1H3. The zero-order valence-corrected chi connectivity index (χ0v) is 15.8. The Morgan fingerprint density at radius 1 is 1.30 bits per heavy atom. The van der Waals surface area contributed by atoms with E-state index in [1.165, 1.54) is 12.4 Å². The van der Waals surface area contributed by atoms with E-state index in [4.69, 9.17) is 0 Å². The van der Waals surface area contributed by atoms with Gasteiger partial charge in [-0.25, -0.2) is 13.1 Å². The van der Waals surface area contributed by atoms with Crippen LogP contribution in [0.25, 0.3) is 10.9 Å². The van der Waals surface area contributed by atoms with Crippen molar-refractivity contribution in [2.45, 2.75) is 43.4 Å². The Balaban J connectivity index is 1.68. The molecule has 0 aliphatic heterocycles. The van der Waals surface area contributed by atoms with Crippen molar-refractivity contribution < 1.29 is 13.5 Å². The molecule has 1 atom stereocenters. The number of fused-ring (bicyclic) bond motifs is 1. The third kappa shape index (κ3) is 3.60. The van der Waals surface area contributed by atoms with Crippen LogP contribution in [-0.4, -0.2) is 34.4 Å². The molecular weight excluding hydrogens is 364 g/mol. The lowest BCUT2D eigenvalue weighted by Crippen LogP contribution is -2.41. The van der Waals surface area contributed by atoms with Crippen molar-refractivity contribution in [2.75, 3.05) is 0 Å². The summed E-state index contributed by atoms with van der Waals surface area (Å²) in [6.07, 6.45) is 5.35.